The van der Waals surface area contributed by atoms with E-state index in [9.17, 15) is 13.2 Å². The molecule has 0 aliphatic carbocycles. The third-order valence-electron chi connectivity index (χ3n) is 6.97. The first-order valence-corrected chi connectivity index (χ1v) is 16.1. The van der Waals surface area contributed by atoms with Crippen molar-refractivity contribution in [3.63, 3.8) is 0 Å². The first kappa shape index (κ1) is 27.0. The predicted octanol–water partition coefficient (Wildman–Crippen LogP) is 4.48. The molecule has 37 heavy (non-hydrogen) atoms. The summed E-state index contributed by atoms with van der Waals surface area (Å²) in [6.07, 6.45) is 2.09. The number of thiophene rings is 1. The Morgan fingerprint density at radius 3 is 2.78 bits per heavy atom. The van der Waals surface area contributed by atoms with Crippen molar-refractivity contribution in [3.05, 3.63) is 40.2 Å². The summed E-state index contributed by atoms with van der Waals surface area (Å²) in [6, 6.07) is 7.16. The van der Waals surface area contributed by atoms with E-state index in [0.29, 0.717) is 40.3 Å². The second-order valence-electron chi connectivity index (χ2n) is 9.47. The van der Waals surface area contributed by atoms with Crippen molar-refractivity contribution in [2.75, 3.05) is 57.4 Å². The lowest BCUT2D eigenvalue weighted by molar-refractivity contribution is -0.123. The Labute approximate surface area is 230 Å². The number of hydrogen-bond donors (Lipinski definition) is 0. The summed E-state index contributed by atoms with van der Waals surface area (Å²) in [6.45, 7) is 7.22. The van der Waals surface area contributed by atoms with E-state index in [4.69, 9.17) is 21.3 Å². The molecule has 1 unspecified atom stereocenters. The van der Waals surface area contributed by atoms with Gasteiger partial charge in [-0.15, -0.1) is 11.3 Å². The first-order valence-electron chi connectivity index (χ1n) is 12.6. The number of carbonyl (C=O) groups excluding carboxylic acids is 1. The molecule has 0 N–H and O–H groups in total. The second-order valence-corrected chi connectivity index (χ2v) is 14.0. The predicted molar refractivity (Wildman–Crippen MR) is 149 cm³/mol. The summed E-state index contributed by atoms with van der Waals surface area (Å²) >= 11 is 9.11. The van der Waals surface area contributed by atoms with Crippen LogP contribution in [-0.2, 0) is 19.6 Å². The minimum atomic E-state index is -3.61. The van der Waals surface area contributed by atoms with Crippen molar-refractivity contribution in [2.24, 2.45) is 5.92 Å². The van der Waals surface area contributed by atoms with Gasteiger partial charge in [0.25, 0.3) is 10.0 Å². The molecular weight excluding hydrogens is 552 g/mol. The average Bonchev–Trinajstić information content (AvgIpc) is 3.61. The van der Waals surface area contributed by atoms with Gasteiger partial charge in [0.2, 0.25) is 5.91 Å². The molecule has 5 rings (SSSR count). The van der Waals surface area contributed by atoms with Crippen LogP contribution < -0.4 is 4.90 Å². The molecule has 2 aliphatic heterocycles. The number of aryl methyl sites for hydroxylation is 1. The van der Waals surface area contributed by atoms with Gasteiger partial charge in [0.15, 0.2) is 5.13 Å². The molecule has 2 saturated heterocycles. The Kier molecular flexibility index (Phi) is 8.49. The van der Waals surface area contributed by atoms with Crippen molar-refractivity contribution in [1.29, 1.82) is 0 Å². The lowest BCUT2D eigenvalue weighted by Crippen LogP contribution is -2.47. The number of amides is 1. The number of ether oxygens (including phenoxy) is 1. The van der Waals surface area contributed by atoms with Crippen LogP contribution in [0, 0.1) is 12.8 Å². The largest absolute Gasteiger partial charge is 0.379 e. The van der Waals surface area contributed by atoms with Crippen molar-refractivity contribution in [2.45, 2.75) is 30.4 Å². The number of piperidine rings is 1. The maximum absolute atomic E-state index is 14.0. The van der Waals surface area contributed by atoms with E-state index < -0.39 is 15.9 Å². The number of sulfonamides is 1. The van der Waals surface area contributed by atoms with Crippen molar-refractivity contribution < 1.29 is 17.9 Å². The molecule has 3 aromatic rings. The highest BCUT2D eigenvalue weighted by Crippen LogP contribution is 2.37. The highest BCUT2D eigenvalue weighted by Gasteiger charge is 2.36. The summed E-state index contributed by atoms with van der Waals surface area (Å²) in [4.78, 5) is 23.0. The molecule has 0 bridgehead atoms. The fraction of sp³-hybridized carbons (Fsp3) is 0.520. The normalized spacial score (nSPS) is 19.9. The van der Waals surface area contributed by atoms with Gasteiger partial charge >= 0.3 is 0 Å². The van der Waals surface area contributed by atoms with Crippen LogP contribution in [0.1, 0.15) is 24.8 Å². The molecule has 0 radical (unpaired) electrons. The minimum Gasteiger partial charge on any atom is -0.379 e. The van der Waals surface area contributed by atoms with Crippen LogP contribution in [-0.4, -0.2) is 81.0 Å². The number of nitrogens with zero attached hydrogens (tertiary/aromatic N) is 4. The van der Waals surface area contributed by atoms with Crippen LogP contribution >= 0.6 is 34.3 Å². The number of morpholine rings is 1. The van der Waals surface area contributed by atoms with Crippen LogP contribution in [0.15, 0.2) is 33.9 Å². The van der Waals surface area contributed by atoms with Gasteiger partial charge in [0, 0.05) is 39.3 Å². The molecule has 2 aliphatic rings. The van der Waals surface area contributed by atoms with Crippen LogP contribution in [0.3, 0.4) is 0 Å². The van der Waals surface area contributed by atoms with Crippen LogP contribution in [0.25, 0.3) is 10.2 Å². The van der Waals surface area contributed by atoms with Crippen molar-refractivity contribution >= 4 is 65.6 Å². The number of aromatic nitrogens is 1. The molecule has 2 aromatic heterocycles. The number of rotatable bonds is 8. The van der Waals surface area contributed by atoms with E-state index in [1.807, 2.05) is 19.1 Å². The quantitative estimate of drug-likeness (QED) is 0.390. The van der Waals surface area contributed by atoms with Crippen LogP contribution in [0.4, 0.5) is 5.13 Å². The number of thiazole rings is 1. The highest BCUT2D eigenvalue weighted by molar-refractivity contribution is 7.91. The Bertz CT molecular complexity index is 1300. The SMILES string of the molecule is Cc1ccc(Cl)c2sc(N(CCCN3CCOCC3)C(=O)C3CCCN(S(=O)(=O)c4cccs4)C3)nc12. The molecule has 0 spiro atoms. The van der Waals surface area contributed by atoms with E-state index in [1.54, 1.807) is 22.4 Å². The summed E-state index contributed by atoms with van der Waals surface area (Å²) in [5.41, 5.74) is 1.82. The zero-order chi connectivity index (χ0) is 26.0. The zero-order valence-electron chi connectivity index (χ0n) is 20.8. The Morgan fingerprint density at radius 1 is 1.24 bits per heavy atom. The second kappa shape index (κ2) is 11.6. The van der Waals surface area contributed by atoms with Gasteiger partial charge in [-0.25, -0.2) is 13.4 Å². The topological polar surface area (TPSA) is 83.0 Å². The van der Waals surface area contributed by atoms with E-state index >= 15 is 0 Å². The number of anilines is 1. The highest BCUT2D eigenvalue weighted by atomic mass is 35.5. The van der Waals surface area contributed by atoms with E-state index in [0.717, 1.165) is 55.0 Å². The number of fused-ring (bicyclic) bond motifs is 1. The molecular formula is C25H31ClN4O4S3. The molecule has 4 heterocycles. The number of hydrogen-bond acceptors (Lipinski definition) is 8. The van der Waals surface area contributed by atoms with Crippen molar-refractivity contribution in [3.8, 4) is 0 Å². The monoisotopic (exact) mass is 582 g/mol. The molecule has 1 amide bonds. The first-order chi connectivity index (χ1) is 17.8. The maximum atomic E-state index is 14.0. The third kappa shape index (κ3) is 5.88. The van der Waals surface area contributed by atoms with Gasteiger partial charge in [0.05, 0.1) is 34.4 Å². The Hall–Kier alpha value is -1.60. The summed E-state index contributed by atoms with van der Waals surface area (Å²) in [5, 5.41) is 3.00. The van der Waals surface area contributed by atoms with E-state index in [1.165, 1.54) is 27.0 Å². The Balaban J connectivity index is 1.38. The summed E-state index contributed by atoms with van der Waals surface area (Å²) in [7, 11) is -3.61. The number of benzene rings is 1. The third-order valence-corrected chi connectivity index (χ3v) is 11.7. The number of carbonyl (C=O) groups is 1. The molecule has 0 saturated carbocycles. The Morgan fingerprint density at radius 2 is 2.05 bits per heavy atom. The van der Waals surface area contributed by atoms with Gasteiger partial charge in [-0.05, 0) is 49.3 Å². The van der Waals surface area contributed by atoms with E-state index in [-0.39, 0.29) is 12.5 Å². The zero-order valence-corrected chi connectivity index (χ0v) is 24.0. The smallest absolute Gasteiger partial charge is 0.252 e. The lowest BCUT2D eigenvalue weighted by Gasteiger charge is -2.34. The minimum absolute atomic E-state index is 0.0686. The molecule has 200 valence electrons. The summed E-state index contributed by atoms with van der Waals surface area (Å²) in [5.74, 6) is -0.489. The van der Waals surface area contributed by atoms with Crippen molar-refractivity contribution in [1.82, 2.24) is 14.2 Å². The standard InChI is InChI=1S/C25H31ClN4O4S3/c1-18-7-8-20(26)23-22(18)27-25(36-23)30(11-4-9-28-12-14-34-15-13-28)24(31)19-5-2-10-29(17-19)37(32,33)21-6-3-16-35-21/h3,6-8,16,19H,2,4-5,9-15,17H2,1H3. The fourth-order valence-corrected chi connectivity index (χ4v) is 8.92. The molecule has 8 nitrogen and oxygen atoms in total. The molecule has 1 atom stereocenters. The van der Waals surface area contributed by atoms with Gasteiger partial charge in [-0.3, -0.25) is 14.6 Å². The van der Waals surface area contributed by atoms with Gasteiger partial charge in [0.1, 0.15) is 4.21 Å². The average molecular weight is 583 g/mol. The molecule has 12 heteroatoms. The fourth-order valence-electron chi connectivity index (χ4n) is 4.90. The van der Waals surface area contributed by atoms with E-state index in [2.05, 4.69) is 4.90 Å². The van der Waals surface area contributed by atoms with Gasteiger partial charge in [-0.2, -0.15) is 4.31 Å². The van der Waals surface area contributed by atoms with Gasteiger partial charge < -0.3 is 4.74 Å². The lowest BCUT2D eigenvalue weighted by atomic mass is 9.98. The molecule has 2 fully saturated rings. The summed E-state index contributed by atoms with van der Waals surface area (Å²) < 4.78 is 34.4. The van der Waals surface area contributed by atoms with Crippen LogP contribution in [0.2, 0.25) is 5.02 Å². The maximum Gasteiger partial charge on any atom is 0.252 e. The van der Waals surface area contributed by atoms with Gasteiger partial charge in [-0.1, -0.05) is 35.1 Å². The molecule has 1 aromatic carbocycles. The van der Waals surface area contributed by atoms with Crippen LogP contribution in [0.5, 0.6) is 0 Å². The number of halogens is 1.